The van der Waals surface area contributed by atoms with E-state index in [0.717, 1.165) is 11.6 Å². The Hall–Kier alpha value is -3.75. The number of hydrogen-bond donors (Lipinski definition) is 1. The van der Waals surface area contributed by atoms with E-state index in [9.17, 15) is 22.4 Å². The van der Waals surface area contributed by atoms with E-state index in [-0.39, 0.29) is 16.9 Å². The van der Waals surface area contributed by atoms with Crippen molar-refractivity contribution in [2.45, 2.75) is 44.7 Å². The monoisotopic (exact) mass is 482 g/mol. The van der Waals surface area contributed by atoms with E-state index in [0.29, 0.717) is 35.4 Å². The third-order valence-corrected chi connectivity index (χ3v) is 6.52. The van der Waals surface area contributed by atoms with Crippen molar-refractivity contribution in [1.29, 1.82) is 0 Å². The topological polar surface area (TPSA) is 59.8 Å². The third kappa shape index (κ3) is 4.05. The average Bonchev–Trinajstić information content (AvgIpc) is 3.60. The number of pyridine rings is 1. The molecule has 1 saturated carbocycles. The third-order valence-electron chi connectivity index (χ3n) is 6.52. The van der Waals surface area contributed by atoms with E-state index in [4.69, 9.17) is 0 Å². The molecule has 0 bridgehead atoms. The van der Waals surface area contributed by atoms with Gasteiger partial charge in [-0.25, -0.2) is 27.5 Å². The molecule has 2 aromatic heterocycles. The summed E-state index contributed by atoms with van der Waals surface area (Å²) in [4.78, 5) is 21.9. The van der Waals surface area contributed by atoms with Gasteiger partial charge in [-0.05, 0) is 44.4 Å². The van der Waals surface area contributed by atoms with Gasteiger partial charge < -0.3 is 9.88 Å². The Bertz CT molecular complexity index is 1480. The van der Waals surface area contributed by atoms with Gasteiger partial charge in [0, 0.05) is 17.8 Å². The van der Waals surface area contributed by atoms with E-state index in [1.165, 1.54) is 30.3 Å². The highest BCUT2D eigenvalue weighted by Crippen LogP contribution is 2.49. The van der Waals surface area contributed by atoms with Crippen LogP contribution in [0.4, 0.5) is 23.4 Å². The standard InChI is InChI=1S/C26H22F4N4O/c1-14(18-4-3-5-19(23(18)28)24(29)30)31-25-20-13-34(22(35)12-21(20)32-15(2)33-25)26(10-11-26)16-6-8-17(27)9-7-16/h3-9,12-14,24H,10-11H2,1-2H3,(H,31,32,33)/t14-/m1/s1. The molecule has 35 heavy (non-hydrogen) atoms. The largest absolute Gasteiger partial charge is 0.363 e. The predicted octanol–water partition coefficient (Wildman–Crippen LogP) is 6.03. The number of anilines is 1. The Labute approximate surface area is 198 Å². The van der Waals surface area contributed by atoms with Crippen molar-refractivity contribution in [3.05, 3.63) is 99.2 Å². The molecule has 0 spiro atoms. The maximum Gasteiger partial charge on any atom is 0.266 e. The zero-order valence-corrected chi connectivity index (χ0v) is 19.0. The first-order valence-electron chi connectivity index (χ1n) is 11.2. The smallest absolute Gasteiger partial charge is 0.266 e. The number of halogens is 4. The van der Waals surface area contributed by atoms with Gasteiger partial charge in [-0.15, -0.1) is 0 Å². The van der Waals surface area contributed by atoms with Crippen LogP contribution in [0.25, 0.3) is 10.9 Å². The van der Waals surface area contributed by atoms with Gasteiger partial charge in [0.2, 0.25) is 0 Å². The van der Waals surface area contributed by atoms with Crippen LogP contribution in [0.3, 0.4) is 0 Å². The molecule has 180 valence electrons. The van der Waals surface area contributed by atoms with Crippen molar-refractivity contribution in [3.8, 4) is 0 Å². The predicted molar refractivity (Wildman–Crippen MR) is 125 cm³/mol. The van der Waals surface area contributed by atoms with Crippen molar-refractivity contribution in [2.24, 2.45) is 0 Å². The number of nitrogens with one attached hydrogen (secondary N) is 1. The van der Waals surface area contributed by atoms with Crippen LogP contribution >= 0.6 is 0 Å². The Morgan fingerprint density at radius 1 is 1.03 bits per heavy atom. The van der Waals surface area contributed by atoms with Crippen molar-refractivity contribution < 1.29 is 17.6 Å². The molecule has 1 aliphatic rings. The molecule has 0 aliphatic heterocycles. The molecule has 4 aromatic rings. The van der Waals surface area contributed by atoms with Crippen molar-refractivity contribution in [3.63, 3.8) is 0 Å². The van der Waals surface area contributed by atoms with E-state index < -0.39 is 29.4 Å². The fourth-order valence-electron chi connectivity index (χ4n) is 4.57. The molecule has 1 fully saturated rings. The number of fused-ring (bicyclic) bond motifs is 1. The number of alkyl halides is 2. The average molecular weight is 482 g/mol. The summed E-state index contributed by atoms with van der Waals surface area (Å²) in [5, 5.41) is 3.64. The van der Waals surface area contributed by atoms with Crippen LogP contribution in [0.15, 0.2) is 59.5 Å². The normalized spacial score (nSPS) is 15.4. The molecule has 9 heteroatoms. The first kappa shape index (κ1) is 23.0. The Morgan fingerprint density at radius 3 is 2.37 bits per heavy atom. The number of rotatable bonds is 6. The Balaban J connectivity index is 1.59. The van der Waals surface area contributed by atoms with Crippen molar-refractivity contribution in [2.75, 3.05) is 5.32 Å². The summed E-state index contributed by atoms with van der Waals surface area (Å²) < 4.78 is 56.2. The van der Waals surface area contributed by atoms with Gasteiger partial charge in [0.25, 0.3) is 12.0 Å². The SMILES string of the molecule is Cc1nc(N[C@H](C)c2cccc(C(F)F)c2F)c2cn(C3(c4ccc(F)cc4)CC3)c(=O)cc2n1. The molecule has 1 N–H and O–H groups in total. The highest BCUT2D eigenvalue weighted by molar-refractivity contribution is 5.88. The molecule has 1 atom stereocenters. The van der Waals surface area contributed by atoms with E-state index in [1.807, 2.05) is 0 Å². The van der Waals surface area contributed by atoms with E-state index >= 15 is 0 Å². The molecule has 5 nitrogen and oxygen atoms in total. The second-order valence-corrected chi connectivity index (χ2v) is 8.86. The van der Waals surface area contributed by atoms with Crippen LogP contribution in [0.5, 0.6) is 0 Å². The van der Waals surface area contributed by atoms with Crippen LogP contribution < -0.4 is 10.9 Å². The maximum atomic E-state index is 14.7. The minimum atomic E-state index is -2.93. The van der Waals surface area contributed by atoms with Gasteiger partial charge in [0.1, 0.15) is 23.3 Å². The minimum absolute atomic E-state index is 0.0745. The van der Waals surface area contributed by atoms with Crippen molar-refractivity contribution in [1.82, 2.24) is 14.5 Å². The molecule has 2 aromatic carbocycles. The highest BCUT2D eigenvalue weighted by atomic mass is 19.3. The lowest BCUT2D eigenvalue weighted by Gasteiger charge is -2.22. The number of hydrogen-bond acceptors (Lipinski definition) is 4. The van der Waals surface area contributed by atoms with E-state index in [1.54, 1.807) is 36.7 Å². The van der Waals surface area contributed by atoms with Gasteiger partial charge in [-0.1, -0.05) is 30.3 Å². The zero-order chi connectivity index (χ0) is 24.9. The van der Waals surface area contributed by atoms with Crippen LogP contribution in [-0.4, -0.2) is 14.5 Å². The zero-order valence-electron chi connectivity index (χ0n) is 19.0. The maximum absolute atomic E-state index is 14.7. The summed E-state index contributed by atoms with van der Waals surface area (Å²) in [6.45, 7) is 3.31. The lowest BCUT2D eigenvalue weighted by Crippen LogP contribution is -2.30. The molecular weight excluding hydrogens is 460 g/mol. The second kappa shape index (κ2) is 8.48. The summed E-state index contributed by atoms with van der Waals surface area (Å²) in [7, 11) is 0. The molecular formula is C26H22F4N4O. The van der Waals surface area contributed by atoms with Gasteiger partial charge >= 0.3 is 0 Å². The van der Waals surface area contributed by atoms with Gasteiger partial charge in [0.15, 0.2) is 0 Å². The first-order chi connectivity index (χ1) is 16.7. The molecule has 0 radical (unpaired) electrons. The number of aromatic nitrogens is 3. The molecule has 0 amide bonds. The lowest BCUT2D eigenvalue weighted by molar-refractivity contribution is 0.146. The lowest BCUT2D eigenvalue weighted by atomic mass is 10.0. The number of benzene rings is 2. The fraction of sp³-hybridized carbons (Fsp3) is 0.269. The first-order valence-corrected chi connectivity index (χ1v) is 11.2. The fourth-order valence-corrected chi connectivity index (χ4v) is 4.57. The highest BCUT2D eigenvalue weighted by Gasteiger charge is 2.47. The van der Waals surface area contributed by atoms with Gasteiger partial charge in [-0.2, -0.15) is 0 Å². The Kier molecular flexibility index (Phi) is 5.57. The minimum Gasteiger partial charge on any atom is -0.363 e. The van der Waals surface area contributed by atoms with E-state index in [2.05, 4.69) is 15.3 Å². The molecule has 0 saturated heterocycles. The Morgan fingerprint density at radius 2 is 1.71 bits per heavy atom. The summed E-state index contributed by atoms with van der Waals surface area (Å²) >= 11 is 0. The van der Waals surface area contributed by atoms with Gasteiger partial charge in [-0.3, -0.25) is 4.79 Å². The van der Waals surface area contributed by atoms with Crippen LogP contribution in [0.2, 0.25) is 0 Å². The molecule has 0 unspecified atom stereocenters. The number of nitrogens with zero attached hydrogens (tertiary/aromatic N) is 3. The van der Waals surface area contributed by atoms with Crippen molar-refractivity contribution >= 4 is 16.7 Å². The van der Waals surface area contributed by atoms with Gasteiger partial charge in [0.05, 0.1) is 28.0 Å². The summed E-state index contributed by atoms with van der Waals surface area (Å²) in [5.41, 5.74) is -0.210. The molecule has 2 heterocycles. The second-order valence-electron chi connectivity index (χ2n) is 8.86. The molecule has 1 aliphatic carbocycles. The molecule has 5 rings (SSSR count). The summed E-state index contributed by atoms with van der Waals surface area (Å²) in [6, 6.07) is 10.7. The van der Waals surface area contributed by atoms with Crippen LogP contribution in [0.1, 0.15) is 54.7 Å². The van der Waals surface area contributed by atoms with Crippen LogP contribution in [-0.2, 0) is 5.54 Å². The summed E-state index contributed by atoms with van der Waals surface area (Å²) in [5.74, 6) is -0.582. The van der Waals surface area contributed by atoms with Crippen LogP contribution in [0, 0.1) is 18.6 Å². The number of aryl methyl sites for hydroxylation is 1. The summed E-state index contributed by atoms with van der Waals surface area (Å²) in [6.07, 6.45) is 0.150. The quantitative estimate of drug-likeness (QED) is 0.341.